The lowest BCUT2D eigenvalue weighted by Gasteiger charge is -1.94. The molecule has 2 heterocycles. The van der Waals surface area contributed by atoms with E-state index in [1.165, 1.54) is 13.2 Å². The number of esters is 1. The van der Waals surface area contributed by atoms with Crippen LogP contribution in [0.25, 0.3) is 0 Å². The minimum Gasteiger partial charge on any atom is -0.465 e. The number of ether oxygens (including phenoxy) is 1. The number of aromatic nitrogens is 1. The van der Waals surface area contributed by atoms with Crippen LogP contribution in [-0.2, 0) is 14.6 Å². The first-order valence-corrected chi connectivity index (χ1v) is 8.47. The van der Waals surface area contributed by atoms with Gasteiger partial charge in [0.1, 0.15) is 13.7 Å². The molecule has 0 amide bonds. The van der Waals surface area contributed by atoms with Crippen LogP contribution in [0.2, 0.25) is 0 Å². The predicted molar refractivity (Wildman–Crippen MR) is 70.9 cm³/mol. The third-order valence-corrected chi connectivity index (χ3v) is 7.33. The van der Waals surface area contributed by atoms with Crippen molar-refractivity contribution in [3.8, 4) is 0 Å². The van der Waals surface area contributed by atoms with E-state index in [0.717, 1.165) is 22.7 Å². The van der Waals surface area contributed by atoms with Crippen LogP contribution in [0.3, 0.4) is 0 Å². The number of thiophene rings is 1. The van der Waals surface area contributed by atoms with Gasteiger partial charge in [0.15, 0.2) is 0 Å². The van der Waals surface area contributed by atoms with Gasteiger partial charge in [0.05, 0.1) is 7.11 Å². The molecular formula is C9H6BrNO4S3. The molecule has 0 spiro atoms. The van der Waals surface area contributed by atoms with Crippen LogP contribution in [0.5, 0.6) is 0 Å². The number of halogens is 1. The minimum atomic E-state index is -3.65. The number of rotatable bonds is 3. The number of thiazole rings is 1. The first kappa shape index (κ1) is 13.7. The highest BCUT2D eigenvalue weighted by Gasteiger charge is 2.27. The molecule has 0 saturated heterocycles. The standard InChI is InChI=1S/C9H6BrNO4S3/c1-15-8(12)6-7(10)11-9(17-6)18(13,14)5-3-2-4-16-5/h2-4H,1H3. The molecular weight excluding hydrogens is 362 g/mol. The molecule has 0 N–H and O–H groups in total. The van der Waals surface area contributed by atoms with Gasteiger partial charge >= 0.3 is 5.97 Å². The Morgan fingerprint density at radius 2 is 2.22 bits per heavy atom. The summed E-state index contributed by atoms with van der Waals surface area (Å²) in [7, 11) is -2.43. The van der Waals surface area contributed by atoms with Crippen molar-refractivity contribution in [1.29, 1.82) is 0 Å². The summed E-state index contributed by atoms with van der Waals surface area (Å²) in [6, 6.07) is 3.13. The number of methoxy groups -OCH3 is 1. The van der Waals surface area contributed by atoms with Crippen LogP contribution in [0.15, 0.2) is 30.7 Å². The highest BCUT2D eigenvalue weighted by Crippen LogP contribution is 2.32. The lowest BCUT2D eigenvalue weighted by Crippen LogP contribution is -1.98. The number of carbonyl (C=O) groups is 1. The van der Waals surface area contributed by atoms with Crippen LogP contribution >= 0.6 is 38.6 Å². The lowest BCUT2D eigenvalue weighted by molar-refractivity contribution is 0.0605. The van der Waals surface area contributed by atoms with Gasteiger partial charge in [-0.05, 0) is 27.4 Å². The lowest BCUT2D eigenvalue weighted by atomic mass is 10.6. The van der Waals surface area contributed by atoms with E-state index in [4.69, 9.17) is 0 Å². The number of hydrogen-bond acceptors (Lipinski definition) is 7. The maximum absolute atomic E-state index is 12.2. The second-order valence-corrected chi connectivity index (χ2v) is 8.07. The van der Waals surface area contributed by atoms with Crippen molar-refractivity contribution in [1.82, 2.24) is 4.98 Å². The maximum Gasteiger partial charge on any atom is 0.350 e. The van der Waals surface area contributed by atoms with Gasteiger partial charge in [-0.3, -0.25) is 0 Å². The summed E-state index contributed by atoms with van der Waals surface area (Å²) >= 11 is 4.94. The molecule has 0 saturated carbocycles. The van der Waals surface area contributed by atoms with Gasteiger partial charge in [0.2, 0.25) is 14.2 Å². The molecule has 0 atom stereocenters. The molecule has 0 aliphatic carbocycles. The van der Waals surface area contributed by atoms with E-state index in [9.17, 15) is 13.2 Å². The first-order valence-electron chi connectivity index (χ1n) is 4.50. The molecule has 2 aromatic heterocycles. The second kappa shape index (κ2) is 5.08. The Labute approximate surface area is 119 Å². The topological polar surface area (TPSA) is 73.3 Å². The molecule has 2 rings (SSSR count). The summed E-state index contributed by atoms with van der Waals surface area (Å²) in [6.45, 7) is 0. The average Bonchev–Trinajstić information content (AvgIpc) is 2.97. The minimum absolute atomic E-state index is 0.128. The van der Waals surface area contributed by atoms with Crippen molar-refractivity contribution < 1.29 is 17.9 Å². The van der Waals surface area contributed by atoms with Gasteiger partial charge in [0, 0.05) is 0 Å². The summed E-state index contributed by atoms with van der Waals surface area (Å²) in [5, 5.41) is 1.66. The molecule has 9 heteroatoms. The van der Waals surface area contributed by atoms with Gasteiger partial charge < -0.3 is 4.74 Å². The predicted octanol–water partition coefficient (Wildman–Crippen LogP) is 2.59. The summed E-state index contributed by atoms with van der Waals surface area (Å²) in [6.07, 6.45) is 0. The third-order valence-electron chi connectivity index (χ3n) is 1.93. The van der Waals surface area contributed by atoms with Crippen molar-refractivity contribution in [3.05, 3.63) is 27.0 Å². The van der Waals surface area contributed by atoms with Crippen LogP contribution < -0.4 is 0 Å². The van der Waals surface area contributed by atoms with Crippen LogP contribution in [0.1, 0.15) is 9.67 Å². The SMILES string of the molecule is COC(=O)c1sc(S(=O)(=O)c2cccs2)nc1Br. The first-order chi connectivity index (χ1) is 8.46. The molecule has 2 aromatic rings. The number of carbonyl (C=O) groups excluding carboxylic acids is 1. The van der Waals surface area contributed by atoms with E-state index >= 15 is 0 Å². The van der Waals surface area contributed by atoms with Crippen LogP contribution in [0.4, 0.5) is 0 Å². The largest absolute Gasteiger partial charge is 0.465 e. The fraction of sp³-hybridized carbons (Fsp3) is 0.111. The highest BCUT2D eigenvalue weighted by molar-refractivity contribution is 9.10. The van der Waals surface area contributed by atoms with E-state index in [0.29, 0.717) is 0 Å². The van der Waals surface area contributed by atoms with E-state index < -0.39 is 15.8 Å². The van der Waals surface area contributed by atoms with Crippen molar-refractivity contribution in [3.63, 3.8) is 0 Å². The molecule has 18 heavy (non-hydrogen) atoms. The second-order valence-electron chi connectivity index (χ2n) is 3.03. The monoisotopic (exact) mass is 367 g/mol. The van der Waals surface area contributed by atoms with Gasteiger partial charge in [-0.25, -0.2) is 18.2 Å². The zero-order chi connectivity index (χ0) is 13.3. The Balaban J connectivity index is 2.51. The maximum atomic E-state index is 12.2. The summed E-state index contributed by atoms with van der Waals surface area (Å²) in [5.74, 6) is -0.619. The van der Waals surface area contributed by atoms with E-state index in [2.05, 4.69) is 25.7 Å². The Morgan fingerprint density at radius 1 is 1.50 bits per heavy atom. The summed E-state index contributed by atoms with van der Waals surface area (Å²) in [5.41, 5.74) is 0. The van der Waals surface area contributed by atoms with Crippen LogP contribution in [-0.4, -0.2) is 26.5 Å². The van der Waals surface area contributed by atoms with E-state index in [1.807, 2.05) is 0 Å². The Morgan fingerprint density at radius 3 is 2.78 bits per heavy atom. The normalized spacial score (nSPS) is 11.4. The molecule has 0 aromatic carbocycles. The Bertz CT molecular complexity index is 675. The number of hydrogen-bond donors (Lipinski definition) is 0. The highest BCUT2D eigenvalue weighted by atomic mass is 79.9. The smallest absolute Gasteiger partial charge is 0.350 e. The van der Waals surface area contributed by atoms with Crippen molar-refractivity contribution in [2.45, 2.75) is 8.55 Å². The van der Waals surface area contributed by atoms with Gasteiger partial charge in [-0.1, -0.05) is 17.4 Å². The molecule has 96 valence electrons. The molecule has 5 nitrogen and oxygen atoms in total. The molecule has 0 bridgehead atoms. The van der Waals surface area contributed by atoms with Gasteiger partial charge in [0.25, 0.3) is 0 Å². The molecule has 0 aliphatic rings. The quantitative estimate of drug-likeness (QED) is 0.779. The zero-order valence-electron chi connectivity index (χ0n) is 8.91. The van der Waals surface area contributed by atoms with Gasteiger partial charge in [-0.15, -0.1) is 11.3 Å². The molecule has 0 radical (unpaired) electrons. The third kappa shape index (κ3) is 2.35. The van der Waals surface area contributed by atoms with Crippen molar-refractivity contribution in [2.75, 3.05) is 7.11 Å². The van der Waals surface area contributed by atoms with E-state index in [-0.39, 0.29) is 18.0 Å². The van der Waals surface area contributed by atoms with E-state index in [1.54, 1.807) is 11.4 Å². The van der Waals surface area contributed by atoms with Crippen molar-refractivity contribution >= 4 is 54.4 Å². The summed E-state index contributed by atoms with van der Waals surface area (Å²) in [4.78, 5) is 15.4. The zero-order valence-corrected chi connectivity index (χ0v) is 13.0. The molecule has 0 aliphatic heterocycles. The molecule has 0 unspecified atom stereocenters. The van der Waals surface area contributed by atoms with Crippen LogP contribution in [0, 0.1) is 0 Å². The molecule has 0 fully saturated rings. The fourth-order valence-corrected chi connectivity index (χ4v) is 5.66. The fourth-order valence-electron chi connectivity index (χ4n) is 1.12. The summed E-state index contributed by atoms with van der Waals surface area (Å²) < 4.78 is 29.1. The van der Waals surface area contributed by atoms with Crippen molar-refractivity contribution in [2.24, 2.45) is 0 Å². The Hall–Kier alpha value is -0.770. The van der Waals surface area contributed by atoms with Gasteiger partial charge in [-0.2, -0.15) is 0 Å². The number of sulfone groups is 1. The number of nitrogens with zero attached hydrogens (tertiary/aromatic N) is 1. The average molecular weight is 368 g/mol. The Kier molecular flexibility index (Phi) is 3.85.